The van der Waals surface area contributed by atoms with Crippen LogP contribution in [0, 0.1) is 11.3 Å². The lowest BCUT2D eigenvalue weighted by Crippen LogP contribution is -2.62. The number of ether oxygens (including phenoxy) is 1. The van der Waals surface area contributed by atoms with E-state index >= 15 is 0 Å². The minimum absolute atomic E-state index is 0.0501. The van der Waals surface area contributed by atoms with Crippen molar-refractivity contribution in [1.29, 1.82) is 0 Å². The lowest BCUT2D eigenvalue weighted by Gasteiger charge is -2.66. The fraction of sp³-hybridized carbons (Fsp3) is 0.519. The van der Waals surface area contributed by atoms with Gasteiger partial charge in [-0.25, -0.2) is 0 Å². The molecule has 0 N–H and O–H groups in total. The summed E-state index contributed by atoms with van der Waals surface area (Å²) in [5.41, 5.74) is 2.64. The Labute approximate surface area is 180 Å². The summed E-state index contributed by atoms with van der Waals surface area (Å²) in [5.74, 6) is 0.636. The average molecular weight is 404 g/mol. The Kier molecular flexibility index (Phi) is 4.77. The lowest BCUT2D eigenvalue weighted by molar-refractivity contribution is -0.177. The smallest absolute Gasteiger partial charge is 0.312 e. The third-order valence-electron chi connectivity index (χ3n) is 8.05. The van der Waals surface area contributed by atoms with Gasteiger partial charge < -0.3 is 9.64 Å². The highest BCUT2D eigenvalue weighted by Crippen LogP contribution is 2.70. The van der Waals surface area contributed by atoms with Gasteiger partial charge in [0.05, 0.1) is 5.41 Å². The maximum absolute atomic E-state index is 13.6. The van der Waals surface area contributed by atoms with Gasteiger partial charge in [0.1, 0.15) is 6.61 Å². The fourth-order valence-corrected chi connectivity index (χ4v) is 7.37. The van der Waals surface area contributed by atoms with Crippen LogP contribution in [-0.2, 0) is 20.4 Å². The second-order valence-corrected chi connectivity index (χ2v) is 10.5. The fourth-order valence-electron chi connectivity index (χ4n) is 7.37. The molecular weight excluding hydrogens is 370 g/mol. The predicted molar refractivity (Wildman–Crippen MR) is 119 cm³/mol. The van der Waals surface area contributed by atoms with Gasteiger partial charge in [0, 0.05) is 6.54 Å². The number of nitrogens with zero attached hydrogens (tertiary/aromatic N) is 1. The maximum atomic E-state index is 13.6. The van der Waals surface area contributed by atoms with Crippen LogP contribution in [0.15, 0.2) is 60.7 Å². The van der Waals surface area contributed by atoms with Gasteiger partial charge in [-0.15, -0.1) is 0 Å². The van der Waals surface area contributed by atoms with Crippen LogP contribution < -0.4 is 0 Å². The van der Waals surface area contributed by atoms with Crippen molar-refractivity contribution < 1.29 is 9.53 Å². The number of carbonyl (C=O) groups is 1. The number of hydrogen-bond donors (Lipinski definition) is 0. The SMILES string of the molecule is CN(C)CCOC(=O)C12CC3C[C@](c4ccccc4)(C1)C[C@@](c1ccccc1)(C3)C2. The number of carbonyl (C=O) groups excluding carboxylic acids is 1. The molecule has 0 radical (unpaired) electrons. The highest BCUT2D eigenvalue weighted by Gasteiger charge is 2.66. The average Bonchev–Trinajstić information content (AvgIpc) is 2.74. The molecule has 0 spiro atoms. The molecular formula is C27H33NO2. The van der Waals surface area contributed by atoms with E-state index < -0.39 is 0 Å². The minimum atomic E-state index is -0.350. The lowest BCUT2D eigenvalue weighted by atomic mass is 9.37. The Morgan fingerprint density at radius 3 is 1.90 bits per heavy atom. The topological polar surface area (TPSA) is 29.5 Å². The second kappa shape index (κ2) is 7.23. The summed E-state index contributed by atoms with van der Waals surface area (Å²) in [4.78, 5) is 15.7. The third-order valence-corrected chi connectivity index (χ3v) is 8.05. The van der Waals surface area contributed by atoms with Crippen LogP contribution in [0.2, 0.25) is 0 Å². The van der Waals surface area contributed by atoms with Gasteiger partial charge in [0.15, 0.2) is 0 Å². The van der Waals surface area contributed by atoms with E-state index in [0.717, 1.165) is 32.2 Å². The van der Waals surface area contributed by atoms with Crippen molar-refractivity contribution >= 4 is 5.97 Å². The Morgan fingerprint density at radius 1 is 0.867 bits per heavy atom. The quantitative estimate of drug-likeness (QED) is 0.639. The Bertz CT molecular complexity index is 851. The van der Waals surface area contributed by atoms with Crippen molar-refractivity contribution in [3.63, 3.8) is 0 Å². The van der Waals surface area contributed by atoms with Gasteiger partial charge >= 0.3 is 5.97 Å². The molecule has 0 aromatic heterocycles. The molecule has 4 aliphatic carbocycles. The first kappa shape index (κ1) is 19.8. The number of likely N-dealkylation sites (N-methyl/N-ethyl adjacent to an activating group) is 1. The van der Waals surface area contributed by atoms with Crippen molar-refractivity contribution in [2.24, 2.45) is 11.3 Å². The number of benzene rings is 2. The van der Waals surface area contributed by atoms with Crippen molar-refractivity contribution in [2.75, 3.05) is 27.2 Å². The molecule has 0 heterocycles. The molecule has 4 saturated carbocycles. The molecule has 2 aromatic carbocycles. The largest absolute Gasteiger partial charge is 0.464 e. The van der Waals surface area contributed by atoms with E-state index in [2.05, 4.69) is 65.6 Å². The minimum Gasteiger partial charge on any atom is -0.464 e. The summed E-state index contributed by atoms with van der Waals surface area (Å²) in [6.07, 6.45) is 6.44. The first-order valence-electron chi connectivity index (χ1n) is 11.4. The molecule has 0 amide bonds. The van der Waals surface area contributed by atoms with Crippen LogP contribution in [-0.4, -0.2) is 38.1 Å². The summed E-state index contributed by atoms with van der Waals surface area (Å²) in [6, 6.07) is 22.0. The number of hydrogen-bond acceptors (Lipinski definition) is 3. The zero-order valence-electron chi connectivity index (χ0n) is 18.3. The first-order valence-corrected chi connectivity index (χ1v) is 11.4. The van der Waals surface area contributed by atoms with Crippen molar-refractivity contribution in [3.8, 4) is 0 Å². The summed E-state index contributed by atoms with van der Waals surface area (Å²) in [7, 11) is 4.04. The van der Waals surface area contributed by atoms with E-state index in [1.165, 1.54) is 24.0 Å². The Balaban J connectivity index is 1.55. The zero-order chi connectivity index (χ0) is 20.8. The molecule has 2 unspecified atom stereocenters. The monoisotopic (exact) mass is 403 g/mol. The Hall–Kier alpha value is -2.13. The van der Waals surface area contributed by atoms with Gasteiger partial charge in [-0.2, -0.15) is 0 Å². The normalized spacial score (nSPS) is 34.3. The molecule has 2 aromatic rings. The standard InChI is InChI=1S/C27H33NO2/c1-28(2)13-14-30-24(29)27-17-21-15-25(19-27,22-9-5-3-6-10-22)18-26(16-21,20-27)23-11-7-4-8-12-23/h3-12,21H,13-20H2,1-2H3/t21?,25-,26+,27?. The van der Waals surface area contributed by atoms with Crippen LogP contribution in [0.3, 0.4) is 0 Å². The molecule has 0 aliphatic heterocycles. The zero-order valence-corrected chi connectivity index (χ0v) is 18.3. The summed E-state index contributed by atoms with van der Waals surface area (Å²) < 4.78 is 5.92. The van der Waals surface area contributed by atoms with Gasteiger partial charge in [-0.1, -0.05) is 60.7 Å². The third kappa shape index (κ3) is 3.19. The summed E-state index contributed by atoms with van der Waals surface area (Å²) in [6.45, 7) is 1.26. The molecule has 6 rings (SSSR count). The van der Waals surface area contributed by atoms with Gasteiger partial charge in [0.2, 0.25) is 0 Å². The summed E-state index contributed by atoms with van der Waals surface area (Å²) in [5, 5.41) is 0. The molecule has 0 saturated heterocycles. The number of rotatable bonds is 6. The Morgan fingerprint density at radius 2 is 1.40 bits per heavy atom. The highest BCUT2D eigenvalue weighted by molar-refractivity contribution is 5.78. The first-order chi connectivity index (χ1) is 14.5. The van der Waals surface area contributed by atoms with Crippen LogP contribution in [0.5, 0.6) is 0 Å². The van der Waals surface area contributed by atoms with Crippen molar-refractivity contribution in [2.45, 2.75) is 49.4 Å². The molecule has 4 aliphatic rings. The highest BCUT2D eigenvalue weighted by atomic mass is 16.5. The van der Waals surface area contributed by atoms with Crippen LogP contribution >= 0.6 is 0 Å². The second-order valence-electron chi connectivity index (χ2n) is 10.5. The van der Waals surface area contributed by atoms with Gasteiger partial charge in [-0.3, -0.25) is 4.79 Å². The molecule has 4 fully saturated rings. The molecule has 4 bridgehead atoms. The van der Waals surface area contributed by atoms with E-state index in [0.29, 0.717) is 12.5 Å². The van der Waals surface area contributed by atoms with Crippen LogP contribution in [0.4, 0.5) is 0 Å². The molecule has 4 atom stereocenters. The van der Waals surface area contributed by atoms with Gasteiger partial charge in [-0.05, 0) is 80.5 Å². The van der Waals surface area contributed by atoms with E-state index in [4.69, 9.17) is 4.74 Å². The molecule has 158 valence electrons. The van der Waals surface area contributed by atoms with Crippen LogP contribution in [0.1, 0.15) is 49.7 Å². The molecule has 30 heavy (non-hydrogen) atoms. The summed E-state index contributed by atoms with van der Waals surface area (Å²) >= 11 is 0. The van der Waals surface area contributed by atoms with Gasteiger partial charge in [0.25, 0.3) is 0 Å². The van der Waals surface area contributed by atoms with E-state index in [9.17, 15) is 4.79 Å². The van der Waals surface area contributed by atoms with E-state index in [-0.39, 0.29) is 22.2 Å². The van der Waals surface area contributed by atoms with Crippen molar-refractivity contribution in [1.82, 2.24) is 4.90 Å². The number of esters is 1. The predicted octanol–water partition coefficient (Wildman–Crippen LogP) is 4.95. The van der Waals surface area contributed by atoms with E-state index in [1.807, 2.05) is 14.1 Å². The van der Waals surface area contributed by atoms with Crippen LogP contribution in [0.25, 0.3) is 0 Å². The van der Waals surface area contributed by atoms with E-state index in [1.54, 1.807) is 0 Å². The van der Waals surface area contributed by atoms with Crippen molar-refractivity contribution in [3.05, 3.63) is 71.8 Å². The molecule has 3 heteroatoms. The maximum Gasteiger partial charge on any atom is 0.312 e. The molecule has 3 nitrogen and oxygen atoms in total.